The molecule has 4 bridgehead atoms. The van der Waals surface area contributed by atoms with Gasteiger partial charge in [-0.25, -0.2) is 13.6 Å². The molecule has 2 aromatic rings. The van der Waals surface area contributed by atoms with Gasteiger partial charge in [0, 0.05) is 34.8 Å². The lowest BCUT2D eigenvalue weighted by Gasteiger charge is -2.59. The molecule has 3 atom stereocenters. The molecule has 3 unspecified atom stereocenters. The summed E-state index contributed by atoms with van der Waals surface area (Å²) in [5, 5.41) is 19.3. The summed E-state index contributed by atoms with van der Waals surface area (Å²) in [4.78, 5) is 28.1. The van der Waals surface area contributed by atoms with E-state index in [2.05, 4.69) is 10.2 Å². The number of rotatable bonds is 6. The monoisotopic (exact) mass is 557 g/mol. The number of hydrogen-bond acceptors (Lipinski definition) is 5. The van der Waals surface area contributed by atoms with Crippen molar-refractivity contribution in [3.8, 4) is 0 Å². The Bertz CT molecular complexity index is 1380. The molecule has 5 fully saturated rings. The molecule has 0 aromatic heterocycles. The lowest BCUT2D eigenvalue weighted by Crippen LogP contribution is -2.62. The van der Waals surface area contributed by atoms with Gasteiger partial charge in [-0.05, 0) is 105 Å². The fraction of sp³-hybridized carbons (Fsp3) is 0.500. The second-order valence-electron chi connectivity index (χ2n) is 11.7. The van der Waals surface area contributed by atoms with Gasteiger partial charge in [0.05, 0.1) is 10.5 Å². The molecule has 4 N–H and O–H groups in total. The van der Waals surface area contributed by atoms with Gasteiger partial charge in [0.15, 0.2) is 0 Å². The van der Waals surface area contributed by atoms with Crippen LogP contribution in [0.2, 0.25) is 5.02 Å². The molecule has 202 valence electrons. The number of primary sulfonamides is 1. The topological polar surface area (TPSA) is 130 Å². The first kappa shape index (κ1) is 25.8. The van der Waals surface area contributed by atoms with E-state index in [0.717, 1.165) is 50.6 Å². The van der Waals surface area contributed by atoms with Crippen molar-refractivity contribution in [1.29, 1.82) is 0 Å². The van der Waals surface area contributed by atoms with Gasteiger partial charge in [0.25, 0.3) is 5.91 Å². The van der Waals surface area contributed by atoms with Crippen molar-refractivity contribution in [2.24, 2.45) is 28.8 Å². The molecule has 4 aliphatic carbocycles. The number of aliphatic hydroxyl groups is 1. The highest BCUT2D eigenvalue weighted by Gasteiger charge is 2.57. The molecule has 10 heteroatoms. The average Bonchev–Trinajstić information content (AvgIpc) is 3.18. The third-order valence-electron chi connectivity index (χ3n) is 9.12. The van der Waals surface area contributed by atoms with Crippen molar-refractivity contribution < 1.29 is 23.1 Å². The van der Waals surface area contributed by atoms with Crippen LogP contribution >= 0.6 is 11.6 Å². The molecule has 1 saturated heterocycles. The van der Waals surface area contributed by atoms with Crippen molar-refractivity contribution in [2.75, 3.05) is 11.9 Å². The molecule has 7 rings (SSSR count). The molecule has 8 nitrogen and oxygen atoms in total. The van der Waals surface area contributed by atoms with Crippen LogP contribution in [-0.2, 0) is 21.2 Å². The maximum atomic E-state index is 13.5. The normalized spacial score (nSPS) is 32.1. The smallest absolute Gasteiger partial charge is 0.255 e. The minimum atomic E-state index is -3.83. The molecule has 5 aliphatic rings. The standard InChI is InChI=1S/C28H32ClN3O5S/c29-24-12-22(31-26(33)17-2-5-23(6-3-17)38(30,36)37)4-1-18(24)11-19-7-8-32(27(19)34)25-20-9-16-10-21(25)15-28(35,13-16)14-20/h1-6,12,16,19-21,25,35H,7-11,13-15H2,(H,31,33)(H2,30,36,37). The minimum Gasteiger partial charge on any atom is -0.390 e. The third-order valence-corrected chi connectivity index (χ3v) is 10.4. The number of nitrogens with one attached hydrogen (secondary N) is 1. The predicted octanol–water partition coefficient (Wildman–Crippen LogP) is 3.57. The zero-order valence-electron chi connectivity index (χ0n) is 21.0. The lowest BCUT2D eigenvalue weighted by atomic mass is 9.52. The number of anilines is 1. The summed E-state index contributed by atoms with van der Waals surface area (Å²) < 4.78 is 22.8. The maximum absolute atomic E-state index is 13.5. The summed E-state index contributed by atoms with van der Waals surface area (Å²) in [6.07, 6.45) is 6.20. The summed E-state index contributed by atoms with van der Waals surface area (Å²) in [7, 11) is -3.83. The number of sulfonamides is 1. The highest BCUT2D eigenvalue weighted by molar-refractivity contribution is 7.89. The highest BCUT2D eigenvalue weighted by atomic mass is 35.5. The Hall–Kier alpha value is -2.46. The molecular formula is C28H32ClN3O5S. The van der Waals surface area contributed by atoms with E-state index in [9.17, 15) is 23.1 Å². The largest absolute Gasteiger partial charge is 0.390 e. The van der Waals surface area contributed by atoms with Crippen molar-refractivity contribution in [1.82, 2.24) is 4.90 Å². The Morgan fingerprint density at radius 2 is 1.79 bits per heavy atom. The Kier molecular flexibility index (Phi) is 6.33. The van der Waals surface area contributed by atoms with Gasteiger partial charge in [-0.15, -0.1) is 0 Å². The van der Waals surface area contributed by atoms with Crippen LogP contribution < -0.4 is 10.5 Å². The minimum absolute atomic E-state index is 0.0675. The SMILES string of the molecule is NS(=O)(=O)c1ccc(C(=O)Nc2ccc(CC3CCN(C4C5CC6CC4CC(O)(C6)C5)C3=O)c(Cl)c2)cc1. The fourth-order valence-electron chi connectivity index (χ4n) is 7.77. The Morgan fingerprint density at radius 3 is 2.39 bits per heavy atom. The van der Waals surface area contributed by atoms with Crippen molar-refractivity contribution in [3.05, 3.63) is 58.6 Å². The number of benzene rings is 2. The van der Waals surface area contributed by atoms with E-state index in [1.54, 1.807) is 12.1 Å². The van der Waals surface area contributed by atoms with Crippen LogP contribution in [0.25, 0.3) is 0 Å². The summed E-state index contributed by atoms with van der Waals surface area (Å²) in [5.41, 5.74) is 1.15. The highest BCUT2D eigenvalue weighted by Crippen LogP contribution is 2.57. The second-order valence-corrected chi connectivity index (χ2v) is 13.7. The van der Waals surface area contributed by atoms with E-state index in [1.807, 2.05) is 6.07 Å². The van der Waals surface area contributed by atoms with E-state index in [4.69, 9.17) is 16.7 Å². The number of carbonyl (C=O) groups is 2. The summed E-state index contributed by atoms with van der Waals surface area (Å²) in [6.45, 7) is 0.764. The van der Waals surface area contributed by atoms with Crippen molar-refractivity contribution in [2.45, 2.75) is 61.5 Å². The molecule has 2 amide bonds. The van der Waals surface area contributed by atoms with Crippen molar-refractivity contribution >= 4 is 39.1 Å². The number of amides is 2. The van der Waals surface area contributed by atoms with E-state index >= 15 is 0 Å². The maximum Gasteiger partial charge on any atom is 0.255 e. The van der Waals surface area contributed by atoms with Gasteiger partial charge in [-0.2, -0.15) is 0 Å². The Labute approximate surface area is 227 Å². The number of likely N-dealkylation sites (tertiary alicyclic amines) is 1. The zero-order chi connectivity index (χ0) is 26.8. The molecule has 1 heterocycles. The summed E-state index contributed by atoms with van der Waals surface area (Å²) in [6, 6.07) is 10.9. The van der Waals surface area contributed by atoms with E-state index in [-0.39, 0.29) is 28.3 Å². The Balaban J connectivity index is 1.09. The quantitative estimate of drug-likeness (QED) is 0.500. The molecule has 38 heavy (non-hydrogen) atoms. The molecule has 4 saturated carbocycles. The van der Waals surface area contributed by atoms with Crippen LogP contribution in [-0.4, -0.2) is 48.4 Å². The first-order chi connectivity index (χ1) is 18.0. The van der Waals surface area contributed by atoms with Crippen LogP contribution in [0, 0.1) is 23.7 Å². The van der Waals surface area contributed by atoms with Gasteiger partial charge in [-0.1, -0.05) is 17.7 Å². The van der Waals surface area contributed by atoms with E-state index in [1.165, 1.54) is 24.3 Å². The van der Waals surface area contributed by atoms with Crippen LogP contribution in [0.4, 0.5) is 5.69 Å². The molecule has 0 spiro atoms. The van der Waals surface area contributed by atoms with Gasteiger partial charge >= 0.3 is 0 Å². The number of halogens is 1. The predicted molar refractivity (Wildman–Crippen MR) is 143 cm³/mol. The van der Waals surface area contributed by atoms with Crippen LogP contribution in [0.3, 0.4) is 0 Å². The van der Waals surface area contributed by atoms with Gasteiger partial charge < -0.3 is 15.3 Å². The van der Waals surface area contributed by atoms with Crippen molar-refractivity contribution in [3.63, 3.8) is 0 Å². The first-order valence-electron chi connectivity index (χ1n) is 13.2. The summed E-state index contributed by atoms with van der Waals surface area (Å²) >= 11 is 6.57. The molecular weight excluding hydrogens is 526 g/mol. The molecule has 1 aliphatic heterocycles. The number of hydrogen-bond donors (Lipinski definition) is 3. The third kappa shape index (κ3) is 4.74. The Morgan fingerprint density at radius 1 is 1.11 bits per heavy atom. The average molecular weight is 558 g/mol. The summed E-state index contributed by atoms with van der Waals surface area (Å²) in [5.74, 6) is 1.11. The van der Waals surface area contributed by atoms with E-state index in [0.29, 0.717) is 34.9 Å². The second kappa shape index (κ2) is 9.33. The van der Waals surface area contributed by atoms with E-state index < -0.39 is 21.5 Å². The molecule has 2 aromatic carbocycles. The zero-order valence-corrected chi connectivity index (χ0v) is 22.5. The number of nitrogens with zero attached hydrogens (tertiary/aromatic N) is 1. The van der Waals surface area contributed by atoms with Gasteiger partial charge in [0.1, 0.15) is 0 Å². The van der Waals surface area contributed by atoms with Crippen LogP contribution in [0.15, 0.2) is 47.4 Å². The lowest BCUT2D eigenvalue weighted by molar-refractivity contribution is -0.168. The number of carbonyl (C=O) groups excluding carboxylic acids is 2. The van der Waals surface area contributed by atoms with Gasteiger partial charge in [-0.3, -0.25) is 9.59 Å². The number of nitrogens with two attached hydrogens (primary N) is 1. The molecule has 0 radical (unpaired) electrons. The van der Waals surface area contributed by atoms with Gasteiger partial charge in [0.2, 0.25) is 15.9 Å². The fourth-order valence-corrected chi connectivity index (χ4v) is 8.54. The van der Waals surface area contributed by atoms with Crippen LogP contribution in [0.5, 0.6) is 0 Å². The first-order valence-corrected chi connectivity index (χ1v) is 15.2. The van der Waals surface area contributed by atoms with Crippen LogP contribution in [0.1, 0.15) is 54.4 Å².